The van der Waals surface area contributed by atoms with Crippen LogP contribution in [0.5, 0.6) is 5.75 Å². The Balaban J connectivity index is 1.94. The molecule has 1 aliphatic rings. The minimum absolute atomic E-state index is 0.430. The number of methoxy groups -OCH3 is 1. The summed E-state index contributed by atoms with van der Waals surface area (Å²) in [6.45, 7) is 0. The quantitative estimate of drug-likeness (QED) is 0.823. The number of thioether (sulfide) groups is 1. The first kappa shape index (κ1) is 19.1. The largest absolute Gasteiger partial charge is 0.511 e. The fourth-order valence-electron chi connectivity index (χ4n) is 2.92. The van der Waals surface area contributed by atoms with Gasteiger partial charge in [0, 0.05) is 10.1 Å². The van der Waals surface area contributed by atoms with Gasteiger partial charge in [-0.15, -0.1) is 11.8 Å². The van der Waals surface area contributed by atoms with Crippen molar-refractivity contribution in [2.24, 2.45) is 0 Å². The monoisotopic (exact) mass is 403 g/mol. The van der Waals surface area contributed by atoms with E-state index in [1.807, 2.05) is 4.72 Å². The number of nitrogens with one attached hydrogen (secondary N) is 1. The predicted molar refractivity (Wildman–Crippen MR) is 93.6 cm³/mol. The van der Waals surface area contributed by atoms with E-state index in [2.05, 4.69) is 0 Å². The molecule has 0 fully saturated rings. The van der Waals surface area contributed by atoms with E-state index in [9.17, 15) is 21.6 Å². The van der Waals surface area contributed by atoms with Crippen LogP contribution in [0.2, 0.25) is 0 Å². The molecule has 0 saturated carbocycles. The summed E-state index contributed by atoms with van der Waals surface area (Å²) in [5.41, 5.74) is -3.97. The van der Waals surface area contributed by atoms with E-state index in [-0.39, 0.29) is 0 Å². The molecule has 0 amide bonds. The zero-order valence-corrected chi connectivity index (χ0v) is 15.3. The minimum atomic E-state index is -5.46. The molecule has 0 radical (unpaired) electrons. The van der Waals surface area contributed by atoms with Crippen LogP contribution in [0.25, 0.3) is 0 Å². The molecule has 0 saturated heterocycles. The van der Waals surface area contributed by atoms with Crippen molar-refractivity contribution in [3.05, 3.63) is 59.7 Å². The Labute approximate surface area is 153 Å². The number of sulfonamides is 1. The molecule has 0 aliphatic heterocycles. The van der Waals surface area contributed by atoms with Crippen LogP contribution in [-0.2, 0) is 16.4 Å². The first-order valence-electron chi connectivity index (χ1n) is 7.69. The molecule has 2 aromatic rings. The van der Waals surface area contributed by atoms with Crippen molar-refractivity contribution >= 4 is 21.8 Å². The molecular weight excluding hydrogens is 387 g/mol. The van der Waals surface area contributed by atoms with Crippen molar-refractivity contribution in [1.29, 1.82) is 0 Å². The minimum Gasteiger partial charge on any atom is -0.496 e. The molecule has 9 heteroatoms. The lowest BCUT2D eigenvalue weighted by Crippen LogP contribution is -2.40. The molecule has 0 spiro atoms. The number of alkyl halides is 3. The van der Waals surface area contributed by atoms with Crippen LogP contribution in [0, 0.1) is 0 Å². The van der Waals surface area contributed by atoms with E-state index in [4.69, 9.17) is 4.74 Å². The Hall–Kier alpha value is -1.71. The summed E-state index contributed by atoms with van der Waals surface area (Å²) in [5.74, 6) is 0.589. The van der Waals surface area contributed by atoms with Gasteiger partial charge in [-0.3, -0.25) is 0 Å². The second-order valence-corrected chi connectivity index (χ2v) is 8.74. The van der Waals surface area contributed by atoms with Gasteiger partial charge in [0.25, 0.3) is 0 Å². The van der Waals surface area contributed by atoms with Crippen molar-refractivity contribution in [2.75, 3.05) is 7.11 Å². The van der Waals surface area contributed by atoms with Crippen LogP contribution in [-0.4, -0.2) is 26.3 Å². The fourth-order valence-corrected chi connectivity index (χ4v) is 5.13. The lowest BCUT2D eigenvalue weighted by molar-refractivity contribution is -0.0450. The van der Waals surface area contributed by atoms with Gasteiger partial charge in [-0.2, -0.15) is 17.9 Å². The maximum Gasteiger partial charge on any atom is 0.511 e. The van der Waals surface area contributed by atoms with Gasteiger partial charge in [-0.25, -0.2) is 8.42 Å². The molecule has 0 bridgehead atoms. The van der Waals surface area contributed by atoms with Gasteiger partial charge in [-0.1, -0.05) is 36.4 Å². The van der Waals surface area contributed by atoms with Crippen molar-refractivity contribution in [3.63, 3.8) is 0 Å². The maximum absolute atomic E-state index is 12.9. The van der Waals surface area contributed by atoms with Crippen LogP contribution >= 0.6 is 11.8 Å². The summed E-state index contributed by atoms with van der Waals surface area (Å²) < 4.78 is 69.0. The Morgan fingerprint density at radius 3 is 2.46 bits per heavy atom. The third-order valence-electron chi connectivity index (χ3n) is 4.12. The summed E-state index contributed by atoms with van der Waals surface area (Å²) in [6.07, 6.45) is 0.448. The summed E-state index contributed by atoms with van der Waals surface area (Å²) >= 11 is 1.30. The van der Waals surface area contributed by atoms with Gasteiger partial charge in [-0.05, 0) is 29.7 Å². The highest BCUT2D eigenvalue weighted by Crippen LogP contribution is 2.44. The molecule has 26 heavy (non-hydrogen) atoms. The topological polar surface area (TPSA) is 55.4 Å². The Morgan fingerprint density at radius 1 is 1.12 bits per heavy atom. The van der Waals surface area contributed by atoms with E-state index in [1.165, 1.54) is 18.9 Å². The molecule has 2 unspecified atom stereocenters. The van der Waals surface area contributed by atoms with Crippen molar-refractivity contribution < 1.29 is 26.3 Å². The Kier molecular flexibility index (Phi) is 5.23. The van der Waals surface area contributed by atoms with E-state index in [0.717, 1.165) is 10.5 Å². The summed E-state index contributed by atoms with van der Waals surface area (Å²) in [7, 11) is -3.95. The zero-order valence-electron chi connectivity index (χ0n) is 13.7. The first-order valence-corrected chi connectivity index (χ1v) is 10.1. The summed E-state index contributed by atoms with van der Waals surface area (Å²) in [6, 6.07) is 13.1. The highest BCUT2D eigenvalue weighted by molar-refractivity contribution is 8.00. The number of rotatable bonds is 5. The van der Waals surface area contributed by atoms with Gasteiger partial charge >= 0.3 is 15.5 Å². The predicted octanol–water partition coefficient (Wildman–Crippen LogP) is 3.89. The van der Waals surface area contributed by atoms with Gasteiger partial charge in [0.15, 0.2) is 0 Å². The third-order valence-corrected chi connectivity index (χ3v) is 6.62. The highest BCUT2D eigenvalue weighted by atomic mass is 32.2. The van der Waals surface area contributed by atoms with Crippen LogP contribution < -0.4 is 9.46 Å². The molecule has 0 heterocycles. The molecule has 140 valence electrons. The zero-order chi connectivity index (χ0) is 18.9. The van der Waals surface area contributed by atoms with Crippen LogP contribution in [0.4, 0.5) is 13.2 Å². The average molecular weight is 403 g/mol. The molecule has 2 aromatic carbocycles. The lowest BCUT2D eigenvalue weighted by atomic mass is 10.1. The SMILES string of the molecule is COc1ccccc1SC1Cc2ccccc2C1NS(=O)(=O)C(F)(F)F. The average Bonchev–Trinajstić information content (AvgIpc) is 2.91. The van der Waals surface area contributed by atoms with Crippen LogP contribution in [0.3, 0.4) is 0 Å². The number of fused-ring (bicyclic) bond motifs is 1. The lowest BCUT2D eigenvalue weighted by Gasteiger charge is -2.23. The molecule has 0 aromatic heterocycles. The third kappa shape index (κ3) is 3.70. The smallest absolute Gasteiger partial charge is 0.496 e. The van der Waals surface area contributed by atoms with Gasteiger partial charge in [0.05, 0.1) is 13.2 Å². The first-order chi connectivity index (χ1) is 12.2. The van der Waals surface area contributed by atoms with Gasteiger partial charge in [0.2, 0.25) is 0 Å². The van der Waals surface area contributed by atoms with E-state index in [1.54, 1.807) is 48.5 Å². The molecule has 1 aliphatic carbocycles. The van der Waals surface area contributed by atoms with Gasteiger partial charge in [0.1, 0.15) is 5.75 Å². The summed E-state index contributed by atoms with van der Waals surface area (Å²) in [5, 5.41) is -0.430. The van der Waals surface area contributed by atoms with Crippen LogP contribution in [0.1, 0.15) is 17.2 Å². The molecule has 2 atom stereocenters. The molecular formula is C17H16F3NO3S2. The van der Waals surface area contributed by atoms with E-state index in [0.29, 0.717) is 17.7 Å². The van der Waals surface area contributed by atoms with Crippen molar-refractivity contribution in [2.45, 2.75) is 28.1 Å². The summed E-state index contributed by atoms with van der Waals surface area (Å²) in [4.78, 5) is 0.740. The molecule has 4 nitrogen and oxygen atoms in total. The number of ether oxygens (including phenoxy) is 1. The van der Waals surface area contributed by atoms with Crippen molar-refractivity contribution in [1.82, 2.24) is 4.72 Å². The number of benzene rings is 2. The van der Waals surface area contributed by atoms with Gasteiger partial charge < -0.3 is 4.74 Å². The second-order valence-electron chi connectivity index (χ2n) is 5.75. The van der Waals surface area contributed by atoms with Crippen molar-refractivity contribution in [3.8, 4) is 5.75 Å². The fraction of sp³-hybridized carbons (Fsp3) is 0.294. The van der Waals surface area contributed by atoms with Crippen LogP contribution in [0.15, 0.2) is 53.4 Å². The van der Waals surface area contributed by atoms with E-state index < -0.39 is 26.8 Å². The normalized spacial score (nSPS) is 20.0. The standard InChI is InChI=1S/C17H16F3NO3S2/c1-24-13-8-4-5-9-14(13)25-15-10-11-6-2-3-7-12(11)16(15)21-26(22,23)17(18,19)20/h2-9,15-16,21H,10H2,1H3. The maximum atomic E-state index is 12.9. The number of halogens is 3. The Morgan fingerprint density at radius 2 is 1.77 bits per heavy atom. The number of para-hydroxylation sites is 1. The number of hydrogen-bond donors (Lipinski definition) is 1. The Bertz CT molecular complexity index is 900. The van der Waals surface area contributed by atoms with E-state index >= 15 is 0 Å². The highest BCUT2D eigenvalue weighted by Gasteiger charge is 2.49. The second kappa shape index (κ2) is 7.13. The molecule has 1 N–H and O–H groups in total. The molecule has 3 rings (SSSR count). The number of hydrogen-bond acceptors (Lipinski definition) is 4.